The molecule has 0 saturated carbocycles. The molecule has 14 rings (SSSR count). The Kier molecular flexibility index (Phi) is 8.90. The van der Waals surface area contributed by atoms with E-state index < -0.39 is 60.4 Å². The van der Waals surface area contributed by atoms with Crippen LogP contribution in [0.15, 0.2) is 255 Å². The molecule has 0 amide bonds. The first-order valence-electron chi connectivity index (χ1n) is 30.3. The van der Waals surface area contributed by atoms with Gasteiger partial charge in [-0.3, -0.25) is 0 Å². The molecule has 0 saturated heterocycles. The van der Waals surface area contributed by atoms with Crippen LogP contribution in [0.4, 0.5) is 0 Å². The zero-order valence-electron chi connectivity index (χ0n) is 51.9. The topological polar surface area (TPSA) is 41.8 Å². The number of pyridine rings is 1. The predicted octanol–water partition coefficient (Wildman–Crippen LogP) is 18.2. The van der Waals surface area contributed by atoms with Crippen LogP contribution >= 0.6 is 0 Å². The Morgan fingerprint density at radius 2 is 0.935 bits per heavy atom. The molecular formula is C70H51N5OPt. The van der Waals surface area contributed by atoms with E-state index >= 15 is 0 Å². The van der Waals surface area contributed by atoms with Crippen LogP contribution < -0.4 is 4.74 Å². The molecule has 0 fully saturated rings. The summed E-state index contributed by atoms with van der Waals surface area (Å²) in [6.45, 7) is 6.62. The number of aromatic nitrogens is 5. The van der Waals surface area contributed by atoms with E-state index in [4.69, 9.17) is 17.9 Å². The van der Waals surface area contributed by atoms with Crippen LogP contribution in [0.25, 0.3) is 111 Å². The van der Waals surface area contributed by atoms with E-state index in [1.165, 1.54) is 5.56 Å². The summed E-state index contributed by atoms with van der Waals surface area (Å²) in [5, 5.41) is 3.94. The second-order valence-corrected chi connectivity index (χ2v) is 21.0. The van der Waals surface area contributed by atoms with Crippen molar-refractivity contribution in [3.8, 4) is 67.8 Å². The number of hydrogen-bond donors (Lipinski definition) is 0. The molecule has 0 aliphatic heterocycles. The second kappa shape index (κ2) is 18.6. The van der Waals surface area contributed by atoms with Gasteiger partial charge >= 0.3 is 382 Å². The molecular weight excluding hydrogens is 1120 g/mol. The molecule has 7 heteroatoms. The SMILES string of the molecule is [2H]c1c([2H])c([2H])c(-c2cc(-n3c4ccccc4c4ccccc43)cc(-c3c([2H])c([2H])c([2H])c([2H])c3[2H])c2-n2[c](=[Pt])n(-c3cccc(Oc4ccc5c6ccccc6n(-c6ccc(-c7ccc(C(C)(C)C)cc7)cn6)c5c4)c3)c3ccccc32)c([2H])c1[2H]. The van der Waals surface area contributed by atoms with Gasteiger partial charge in [0.1, 0.15) is 0 Å². The number of nitrogens with zero attached hydrogens (tertiary/aromatic N) is 5. The summed E-state index contributed by atoms with van der Waals surface area (Å²) in [6, 6.07) is 56.2. The van der Waals surface area contributed by atoms with Crippen molar-refractivity contribution < 1.29 is 37.8 Å². The van der Waals surface area contributed by atoms with E-state index in [9.17, 15) is 5.48 Å². The fraction of sp³-hybridized carbons (Fsp3) is 0.0571. The molecule has 4 aromatic heterocycles. The zero-order valence-corrected chi connectivity index (χ0v) is 44.2. The van der Waals surface area contributed by atoms with Gasteiger partial charge in [0.05, 0.1) is 0 Å². The molecule has 0 N–H and O–H groups in total. The standard InChI is InChI=1S/C70H51N5O.Pt/c1-70(2,3)51-36-33-47(34-37-51)50-35-40-68(71-45-50)75-64-30-15-12-27-58(64)59-39-38-55(44-67(59)75)76-54-24-18-23-52(41-54)72-46-73(66-32-17-16-31-65(66)72)69-60(48-19-6-4-7-20-48)42-53(43-61(69)49-21-8-5-9-22-49)74-62-28-13-10-25-56(62)57-26-11-14-29-63(57)74;/h4-45H,1-3H3;/i4D,5D,6D,7D,8D,9D,19D,20D,21D,22D;. The number of benzene rings is 10. The van der Waals surface area contributed by atoms with Crippen molar-refractivity contribution in [3.05, 3.63) is 264 Å². The molecule has 14 aromatic rings. The van der Waals surface area contributed by atoms with Crippen LogP contribution in [0.2, 0.25) is 0 Å². The molecule has 0 unspecified atom stereocenters. The molecule has 372 valence electrons. The summed E-state index contributed by atoms with van der Waals surface area (Å²) in [6.07, 6.45) is 1.92. The van der Waals surface area contributed by atoms with Gasteiger partial charge in [0.25, 0.3) is 0 Å². The zero-order chi connectivity index (χ0) is 60.5. The van der Waals surface area contributed by atoms with Crippen LogP contribution in [0.5, 0.6) is 11.5 Å². The maximum atomic E-state index is 9.58. The van der Waals surface area contributed by atoms with Gasteiger partial charge in [-0.25, -0.2) is 0 Å². The van der Waals surface area contributed by atoms with Crippen LogP contribution in [0.1, 0.15) is 40.0 Å². The van der Waals surface area contributed by atoms with Gasteiger partial charge in [-0.05, 0) is 22.6 Å². The van der Waals surface area contributed by atoms with Gasteiger partial charge in [-0.15, -0.1) is 0 Å². The Hall–Kier alpha value is -9.09. The van der Waals surface area contributed by atoms with Gasteiger partial charge in [0.15, 0.2) is 0 Å². The minimum absolute atomic E-state index is 0.0415. The summed E-state index contributed by atoms with van der Waals surface area (Å²) in [7, 11) is 0. The van der Waals surface area contributed by atoms with Gasteiger partial charge in [-0.2, -0.15) is 0 Å². The minimum atomic E-state index is -0.580. The van der Waals surface area contributed by atoms with E-state index in [-0.39, 0.29) is 33.4 Å². The third-order valence-corrected chi connectivity index (χ3v) is 15.4. The van der Waals surface area contributed by atoms with Crippen LogP contribution in [-0.2, 0) is 24.8 Å². The molecule has 10 aromatic carbocycles. The number of imidazole rings is 1. The third-order valence-electron chi connectivity index (χ3n) is 14.4. The molecule has 0 bridgehead atoms. The molecule has 0 atom stereocenters. The predicted molar refractivity (Wildman–Crippen MR) is 314 cm³/mol. The summed E-state index contributed by atoms with van der Waals surface area (Å²) in [4.78, 5) is 5.04. The van der Waals surface area contributed by atoms with Crippen molar-refractivity contribution in [1.82, 2.24) is 23.3 Å². The number of fused-ring (bicyclic) bond motifs is 7. The van der Waals surface area contributed by atoms with Gasteiger partial charge < -0.3 is 0 Å². The second-order valence-electron chi connectivity index (χ2n) is 20.0. The van der Waals surface area contributed by atoms with Crippen molar-refractivity contribution in [1.29, 1.82) is 0 Å². The van der Waals surface area contributed by atoms with Gasteiger partial charge in [0.2, 0.25) is 0 Å². The first-order valence-corrected chi connectivity index (χ1v) is 26.4. The van der Waals surface area contributed by atoms with Crippen LogP contribution in [0.3, 0.4) is 0 Å². The van der Waals surface area contributed by atoms with E-state index in [0.717, 1.165) is 60.6 Å². The first kappa shape index (κ1) is 36.8. The number of hydrogen-bond acceptors (Lipinski definition) is 2. The molecule has 0 radical (unpaired) electrons. The molecule has 4 heterocycles. The van der Waals surface area contributed by atoms with Crippen molar-refractivity contribution in [2.24, 2.45) is 0 Å². The summed E-state index contributed by atoms with van der Waals surface area (Å²) >= 11 is 2.21. The van der Waals surface area contributed by atoms with Crippen molar-refractivity contribution in [2.75, 3.05) is 0 Å². The maximum absolute atomic E-state index is 9.58. The monoisotopic (exact) mass is 1180 g/mol. The Morgan fingerprint density at radius 3 is 1.51 bits per heavy atom. The molecule has 0 aliphatic carbocycles. The number of rotatable bonds is 9. The normalized spacial score (nSPS) is 13.7. The average molecular weight is 1180 g/mol. The fourth-order valence-corrected chi connectivity index (χ4v) is 11.9. The molecule has 0 spiro atoms. The van der Waals surface area contributed by atoms with Crippen molar-refractivity contribution >= 4 is 54.6 Å². The van der Waals surface area contributed by atoms with Crippen molar-refractivity contribution in [2.45, 2.75) is 26.2 Å². The molecule has 0 aliphatic rings. The van der Waals surface area contributed by atoms with E-state index in [1.807, 2.05) is 147 Å². The van der Waals surface area contributed by atoms with Crippen LogP contribution in [-0.4, -0.2) is 23.3 Å². The van der Waals surface area contributed by atoms with Crippen molar-refractivity contribution in [3.63, 3.8) is 0 Å². The third kappa shape index (κ3) is 7.98. The van der Waals surface area contributed by atoms with E-state index in [2.05, 4.69) is 93.2 Å². The van der Waals surface area contributed by atoms with E-state index in [1.54, 1.807) is 12.1 Å². The Balaban J connectivity index is 0.962. The van der Waals surface area contributed by atoms with Crippen LogP contribution in [0, 0.1) is 3.80 Å². The Bertz CT molecular complexity index is 5070. The van der Waals surface area contributed by atoms with Gasteiger partial charge in [0, 0.05) is 11.8 Å². The summed E-state index contributed by atoms with van der Waals surface area (Å²) in [5.74, 6) is 1.85. The Morgan fingerprint density at radius 1 is 0.416 bits per heavy atom. The summed E-state index contributed by atoms with van der Waals surface area (Å²) < 4.78 is 107. The number of ether oxygens (including phenoxy) is 1. The molecule has 77 heavy (non-hydrogen) atoms. The Labute approximate surface area is 471 Å². The quantitative estimate of drug-likeness (QED) is 0.145. The van der Waals surface area contributed by atoms with E-state index in [0.29, 0.717) is 37.7 Å². The summed E-state index contributed by atoms with van der Waals surface area (Å²) in [5.41, 5.74) is 9.52. The number of para-hydroxylation sites is 5. The first-order chi connectivity index (χ1) is 41.9. The molecule has 6 nitrogen and oxygen atoms in total. The average Bonchev–Trinajstić information content (AvgIpc) is 2.08. The van der Waals surface area contributed by atoms with Gasteiger partial charge in [-0.1, -0.05) is 57.2 Å². The fourth-order valence-electron chi connectivity index (χ4n) is 10.8.